The number of nitrogens with zero attached hydrogens (tertiary/aromatic N) is 1. The lowest BCUT2D eigenvalue weighted by Crippen LogP contribution is -1.79. The van der Waals surface area contributed by atoms with Gasteiger partial charge < -0.3 is 10.3 Å². The van der Waals surface area contributed by atoms with E-state index in [1.54, 1.807) is 12.1 Å². The summed E-state index contributed by atoms with van der Waals surface area (Å²) in [5, 5.41) is 4.38. The highest BCUT2D eigenvalue weighted by atomic mass is 79.9. The number of benzene rings is 1. The quantitative estimate of drug-likeness (QED) is 0.867. The summed E-state index contributed by atoms with van der Waals surface area (Å²) in [6, 6.07) is 7.16. The molecule has 0 saturated carbocycles. The van der Waals surface area contributed by atoms with E-state index in [0.717, 1.165) is 10.0 Å². The van der Waals surface area contributed by atoms with Gasteiger partial charge in [-0.25, -0.2) is 0 Å². The van der Waals surface area contributed by atoms with E-state index in [1.165, 1.54) is 0 Å². The van der Waals surface area contributed by atoms with Gasteiger partial charge in [-0.05, 0) is 12.1 Å². The van der Waals surface area contributed by atoms with Crippen LogP contribution in [0.5, 0.6) is 0 Å². The molecule has 5 heteroatoms. The van der Waals surface area contributed by atoms with Crippen LogP contribution in [0.15, 0.2) is 33.3 Å². The highest BCUT2D eigenvalue weighted by Gasteiger charge is 2.08. The third kappa shape index (κ3) is 1.76. The van der Waals surface area contributed by atoms with Crippen LogP contribution in [0.2, 0.25) is 5.02 Å². The molecule has 1 heterocycles. The van der Waals surface area contributed by atoms with Crippen molar-refractivity contribution in [2.75, 3.05) is 5.73 Å². The Hall–Kier alpha value is -1.00. The second-order valence-electron chi connectivity index (χ2n) is 2.74. The van der Waals surface area contributed by atoms with Crippen molar-refractivity contribution in [3.05, 3.63) is 33.8 Å². The van der Waals surface area contributed by atoms with E-state index >= 15 is 0 Å². The summed E-state index contributed by atoms with van der Waals surface area (Å²) in [7, 11) is 0. The summed E-state index contributed by atoms with van der Waals surface area (Å²) in [6.45, 7) is 0. The molecule has 2 aromatic rings. The lowest BCUT2D eigenvalue weighted by molar-refractivity contribution is 0.439. The van der Waals surface area contributed by atoms with Crippen molar-refractivity contribution in [2.24, 2.45) is 0 Å². The van der Waals surface area contributed by atoms with Gasteiger partial charge in [0.1, 0.15) is 5.69 Å². The van der Waals surface area contributed by atoms with Crippen molar-refractivity contribution < 1.29 is 4.52 Å². The fourth-order valence-corrected chi connectivity index (χ4v) is 1.88. The SMILES string of the molecule is Nc1cc(-c2ccc(Br)cc2Cl)no1. The van der Waals surface area contributed by atoms with Crippen LogP contribution in [-0.4, -0.2) is 5.16 Å². The van der Waals surface area contributed by atoms with Crippen LogP contribution in [0.25, 0.3) is 11.3 Å². The molecule has 1 aromatic heterocycles. The van der Waals surface area contributed by atoms with Crippen LogP contribution in [0.4, 0.5) is 5.88 Å². The fraction of sp³-hybridized carbons (Fsp3) is 0. The zero-order valence-electron chi connectivity index (χ0n) is 7.00. The largest absolute Gasteiger partial charge is 0.368 e. The van der Waals surface area contributed by atoms with Gasteiger partial charge in [-0.1, -0.05) is 38.8 Å². The number of nitrogens with two attached hydrogens (primary N) is 1. The summed E-state index contributed by atoms with van der Waals surface area (Å²) in [5.41, 5.74) is 6.85. The predicted octanol–water partition coefficient (Wildman–Crippen LogP) is 3.34. The van der Waals surface area contributed by atoms with Gasteiger partial charge in [0.25, 0.3) is 0 Å². The third-order valence-electron chi connectivity index (χ3n) is 1.74. The second-order valence-corrected chi connectivity index (χ2v) is 4.06. The molecule has 72 valence electrons. The van der Waals surface area contributed by atoms with E-state index in [0.29, 0.717) is 10.7 Å². The average Bonchev–Trinajstić information content (AvgIpc) is 2.51. The molecule has 3 nitrogen and oxygen atoms in total. The molecule has 0 amide bonds. The van der Waals surface area contributed by atoms with Crippen molar-refractivity contribution in [2.45, 2.75) is 0 Å². The van der Waals surface area contributed by atoms with Gasteiger partial charge in [0.15, 0.2) is 0 Å². The fourth-order valence-electron chi connectivity index (χ4n) is 1.11. The van der Waals surface area contributed by atoms with E-state index in [2.05, 4.69) is 21.1 Å². The van der Waals surface area contributed by atoms with Crippen molar-refractivity contribution in [3.63, 3.8) is 0 Å². The summed E-state index contributed by atoms with van der Waals surface area (Å²) in [5.74, 6) is 0.277. The van der Waals surface area contributed by atoms with Gasteiger partial charge >= 0.3 is 0 Å². The van der Waals surface area contributed by atoms with E-state index in [1.807, 2.05) is 12.1 Å². The number of nitrogen functional groups attached to an aromatic ring is 1. The number of halogens is 2. The monoisotopic (exact) mass is 272 g/mol. The molecular formula is C9H6BrClN2O. The number of anilines is 1. The number of aromatic nitrogens is 1. The molecule has 0 saturated heterocycles. The van der Waals surface area contributed by atoms with Gasteiger partial charge in [0.2, 0.25) is 5.88 Å². The molecular weight excluding hydrogens is 267 g/mol. The van der Waals surface area contributed by atoms with Crippen LogP contribution in [0.1, 0.15) is 0 Å². The maximum Gasteiger partial charge on any atom is 0.222 e. The predicted molar refractivity (Wildman–Crippen MR) is 59.1 cm³/mol. The first-order valence-corrected chi connectivity index (χ1v) is 5.01. The molecule has 2 N–H and O–H groups in total. The number of rotatable bonds is 1. The van der Waals surface area contributed by atoms with Gasteiger partial charge in [-0.2, -0.15) is 0 Å². The van der Waals surface area contributed by atoms with Crippen molar-refractivity contribution >= 4 is 33.4 Å². The molecule has 1 aromatic carbocycles. The Morgan fingerprint density at radius 2 is 2.14 bits per heavy atom. The number of hydrogen-bond donors (Lipinski definition) is 1. The zero-order valence-corrected chi connectivity index (χ0v) is 9.34. The lowest BCUT2D eigenvalue weighted by Gasteiger charge is -1.99. The van der Waals surface area contributed by atoms with Crippen LogP contribution >= 0.6 is 27.5 Å². The highest BCUT2D eigenvalue weighted by Crippen LogP contribution is 2.30. The zero-order chi connectivity index (χ0) is 10.1. The summed E-state index contributed by atoms with van der Waals surface area (Å²) in [6.07, 6.45) is 0. The molecule has 0 spiro atoms. The first-order chi connectivity index (χ1) is 6.66. The standard InChI is InChI=1S/C9H6BrClN2O/c10-5-1-2-6(7(11)3-5)8-4-9(12)14-13-8/h1-4H,12H2. The maximum absolute atomic E-state index is 6.02. The van der Waals surface area contributed by atoms with Gasteiger partial charge in [-0.3, -0.25) is 0 Å². The Morgan fingerprint density at radius 3 is 2.71 bits per heavy atom. The van der Waals surface area contributed by atoms with Gasteiger partial charge in [0.05, 0.1) is 5.02 Å². The molecule has 0 fully saturated rings. The Bertz CT molecular complexity index is 470. The Balaban J connectivity index is 2.52. The van der Waals surface area contributed by atoms with Crippen molar-refractivity contribution in [1.29, 1.82) is 0 Å². The van der Waals surface area contributed by atoms with Crippen molar-refractivity contribution in [1.82, 2.24) is 5.16 Å². The Labute approximate surface area is 94.0 Å². The minimum Gasteiger partial charge on any atom is -0.368 e. The topological polar surface area (TPSA) is 52.0 Å². The summed E-state index contributed by atoms with van der Waals surface area (Å²) >= 11 is 9.34. The minimum atomic E-state index is 0.277. The number of hydrogen-bond acceptors (Lipinski definition) is 3. The molecule has 14 heavy (non-hydrogen) atoms. The molecule has 2 rings (SSSR count). The highest BCUT2D eigenvalue weighted by molar-refractivity contribution is 9.10. The van der Waals surface area contributed by atoms with E-state index in [9.17, 15) is 0 Å². The second kappa shape index (κ2) is 3.63. The maximum atomic E-state index is 6.02. The van der Waals surface area contributed by atoms with Crippen LogP contribution in [0.3, 0.4) is 0 Å². The molecule has 0 bridgehead atoms. The first-order valence-electron chi connectivity index (χ1n) is 3.84. The molecule has 0 aliphatic carbocycles. The average molecular weight is 274 g/mol. The molecule has 0 radical (unpaired) electrons. The lowest BCUT2D eigenvalue weighted by atomic mass is 10.1. The molecule has 0 aliphatic rings. The Morgan fingerprint density at radius 1 is 1.36 bits per heavy atom. The van der Waals surface area contributed by atoms with E-state index in [4.69, 9.17) is 21.9 Å². The van der Waals surface area contributed by atoms with Crippen LogP contribution in [0, 0.1) is 0 Å². The summed E-state index contributed by atoms with van der Waals surface area (Å²) in [4.78, 5) is 0. The third-order valence-corrected chi connectivity index (χ3v) is 2.54. The van der Waals surface area contributed by atoms with Crippen LogP contribution in [-0.2, 0) is 0 Å². The molecule has 0 aliphatic heterocycles. The Kier molecular flexibility index (Phi) is 2.48. The molecule has 0 unspecified atom stereocenters. The minimum absolute atomic E-state index is 0.277. The first kappa shape index (κ1) is 9.55. The van der Waals surface area contributed by atoms with E-state index < -0.39 is 0 Å². The van der Waals surface area contributed by atoms with Gasteiger partial charge in [0, 0.05) is 16.1 Å². The van der Waals surface area contributed by atoms with Crippen molar-refractivity contribution in [3.8, 4) is 11.3 Å². The van der Waals surface area contributed by atoms with E-state index in [-0.39, 0.29) is 5.88 Å². The normalized spacial score (nSPS) is 10.4. The summed E-state index contributed by atoms with van der Waals surface area (Å²) < 4.78 is 5.68. The molecule has 0 atom stereocenters. The van der Waals surface area contributed by atoms with Gasteiger partial charge in [-0.15, -0.1) is 0 Å². The van der Waals surface area contributed by atoms with Crippen LogP contribution < -0.4 is 5.73 Å². The smallest absolute Gasteiger partial charge is 0.222 e.